The van der Waals surface area contributed by atoms with Gasteiger partial charge in [0.2, 0.25) is 0 Å². The number of carbonyl (C=O) groups excluding carboxylic acids is 1. The van der Waals surface area contributed by atoms with E-state index in [1.165, 1.54) is 18.5 Å². The number of carbonyl (C=O) groups is 1. The Morgan fingerprint density at radius 3 is 2.21 bits per heavy atom. The Morgan fingerprint density at radius 1 is 0.979 bits per heavy atom. The molecule has 1 fully saturated rings. The summed E-state index contributed by atoms with van der Waals surface area (Å²) < 4.78 is 17.8. The molecule has 0 aliphatic carbocycles. The topological polar surface area (TPSA) is 105 Å². The van der Waals surface area contributed by atoms with E-state index in [9.17, 15) is 9.90 Å². The average molecular weight is 677 g/mol. The van der Waals surface area contributed by atoms with Crippen molar-refractivity contribution >= 4 is 43.2 Å². The van der Waals surface area contributed by atoms with Crippen LogP contribution in [0, 0.1) is 0 Å². The molecule has 3 aromatic rings. The van der Waals surface area contributed by atoms with Crippen LogP contribution in [0.25, 0.3) is 10.8 Å². The Balaban J connectivity index is 1.52. The Morgan fingerprint density at radius 2 is 1.60 bits per heavy atom. The summed E-state index contributed by atoms with van der Waals surface area (Å²) in [5.41, 5.74) is 4.02. The van der Waals surface area contributed by atoms with Crippen LogP contribution in [0.5, 0.6) is 5.75 Å². The first-order valence-corrected chi connectivity index (χ1v) is 19.5. The van der Waals surface area contributed by atoms with Crippen molar-refractivity contribution in [2.24, 2.45) is 4.99 Å². The summed E-state index contributed by atoms with van der Waals surface area (Å²) in [5.74, 6) is 0.201. The molecule has 0 bridgehead atoms. The second-order valence-electron chi connectivity index (χ2n) is 13.6. The van der Waals surface area contributed by atoms with Crippen LogP contribution >= 0.6 is 0 Å². The third kappa shape index (κ3) is 9.16. The summed E-state index contributed by atoms with van der Waals surface area (Å²) in [6.45, 7) is 18.9. The summed E-state index contributed by atoms with van der Waals surface area (Å²) in [6, 6.07) is 17.8. The van der Waals surface area contributed by atoms with Crippen molar-refractivity contribution in [2.75, 3.05) is 31.3 Å². The zero-order valence-electron chi connectivity index (χ0n) is 30.2. The smallest absolute Gasteiger partial charge is 0.500 e. The van der Waals surface area contributed by atoms with E-state index in [0.717, 1.165) is 27.6 Å². The monoisotopic (exact) mass is 676 g/mol. The summed E-state index contributed by atoms with van der Waals surface area (Å²) in [6.07, 6.45) is 4.77. The lowest BCUT2D eigenvalue weighted by atomic mass is 9.84. The molecule has 0 unspecified atom stereocenters. The Hall–Kier alpha value is -3.44. The minimum Gasteiger partial charge on any atom is -0.507 e. The van der Waals surface area contributed by atoms with Crippen molar-refractivity contribution in [2.45, 2.75) is 105 Å². The number of amides is 2. The number of aliphatic imine (C=N–C) groups is 1. The maximum absolute atomic E-state index is 12.8. The average Bonchev–Trinajstić information content (AvgIpc) is 3.38. The van der Waals surface area contributed by atoms with E-state index in [1.807, 2.05) is 45.0 Å². The van der Waals surface area contributed by atoms with Gasteiger partial charge in [-0.1, -0.05) is 45.0 Å². The number of fused-ring (bicyclic) bond motifs is 1. The second-order valence-corrected chi connectivity index (χ2v) is 16.4. The SMILES string of the molecule is CCO[Si](CCCNC(=O)NCc1cc(C=Nc2cccc3cccc(N4[C@H](C)CC[C@H]4C)c23)c(O)c(C(C)(C)C)c1)(OCC)OCC. The first-order chi connectivity index (χ1) is 22.9. The Kier molecular flexibility index (Phi) is 13.1. The molecule has 9 nitrogen and oxygen atoms in total. The number of rotatable bonds is 15. The van der Waals surface area contributed by atoms with Gasteiger partial charge >= 0.3 is 14.8 Å². The zero-order chi connectivity index (χ0) is 34.9. The van der Waals surface area contributed by atoms with E-state index in [2.05, 4.69) is 74.4 Å². The fourth-order valence-electron chi connectivity index (χ4n) is 6.68. The molecule has 0 aromatic heterocycles. The number of urea groups is 1. The van der Waals surface area contributed by atoms with Crippen LogP contribution in [0.4, 0.5) is 16.2 Å². The van der Waals surface area contributed by atoms with Crippen LogP contribution in [0.2, 0.25) is 6.04 Å². The number of nitrogens with zero attached hydrogens (tertiary/aromatic N) is 2. The highest BCUT2D eigenvalue weighted by molar-refractivity contribution is 6.60. The number of nitrogens with one attached hydrogen (secondary N) is 2. The highest BCUT2D eigenvalue weighted by Gasteiger charge is 2.39. The number of phenolic OH excluding ortho intramolecular Hbond substituents is 1. The molecule has 1 saturated heterocycles. The summed E-state index contributed by atoms with van der Waals surface area (Å²) in [5, 5.41) is 19.6. The first kappa shape index (κ1) is 37.4. The van der Waals surface area contributed by atoms with Gasteiger partial charge in [-0.2, -0.15) is 0 Å². The van der Waals surface area contributed by atoms with Crippen LogP contribution in [0.15, 0.2) is 53.5 Å². The number of anilines is 1. The molecule has 262 valence electrons. The number of hydrogen-bond acceptors (Lipinski definition) is 7. The quantitative estimate of drug-likeness (QED) is 0.0852. The highest BCUT2D eigenvalue weighted by atomic mass is 28.4. The van der Waals surface area contributed by atoms with Gasteiger partial charge in [-0.05, 0) is 94.5 Å². The molecule has 10 heteroatoms. The molecule has 3 N–H and O–H groups in total. The number of hydrogen-bond donors (Lipinski definition) is 3. The van der Waals surface area contributed by atoms with Gasteiger partial charge < -0.3 is 33.9 Å². The van der Waals surface area contributed by atoms with Gasteiger partial charge in [-0.25, -0.2) is 4.79 Å². The van der Waals surface area contributed by atoms with E-state index in [1.54, 1.807) is 6.21 Å². The molecule has 1 aliphatic rings. The van der Waals surface area contributed by atoms with Crippen molar-refractivity contribution < 1.29 is 23.2 Å². The standard InChI is InChI=1S/C38H56N4O5Si/c1-9-45-48(46-10-2,47-11-3)22-14-21-39-37(44)41-25-29-23-31(36(43)32(24-29)38(6,7)8)26-40-33-17-12-15-30-16-13-18-34(35(30)33)42-27(4)19-20-28(42)5/h12-13,15-18,23-24,26-28,43H,9-11,14,19-22,25H2,1-8H3,(H2,39,41,44)/t27-,28-/m1/s1. The Bertz CT molecular complexity index is 1520. The van der Waals surface area contributed by atoms with E-state index in [-0.39, 0.29) is 17.2 Å². The van der Waals surface area contributed by atoms with Crippen LogP contribution in [0.1, 0.15) is 91.3 Å². The summed E-state index contributed by atoms with van der Waals surface area (Å²) >= 11 is 0. The predicted octanol–water partition coefficient (Wildman–Crippen LogP) is 8.21. The van der Waals surface area contributed by atoms with E-state index >= 15 is 0 Å². The molecule has 48 heavy (non-hydrogen) atoms. The van der Waals surface area contributed by atoms with Crippen LogP contribution < -0.4 is 15.5 Å². The third-order valence-electron chi connectivity index (χ3n) is 8.93. The molecule has 0 saturated carbocycles. The molecule has 4 rings (SSSR count). The van der Waals surface area contributed by atoms with Crippen molar-refractivity contribution in [3.63, 3.8) is 0 Å². The molecule has 3 aromatic carbocycles. The molecule has 1 aliphatic heterocycles. The molecular formula is C38H56N4O5Si. The van der Waals surface area contributed by atoms with Crippen LogP contribution in [-0.2, 0) is 25.2 Å². The van der Waals surface area contributed by atoms with Crippen molar-refractivity contribution in [3.05, 3.63) is 65.2 Å². The summed E-state index contributed by atoms with van der Waals surface area (Å²) in [4.78, 5) is 20.3. The zero-order valence-corrected chi connectivity index (χ0v) is 31.2. The maximum atomic E-state index is 12.8. The highest BCUT2D eigenvalue weighted by Crippen LogP contribution is 2.40. The molecule has 1 heterocycles. The lowest BCUT2D eigenvalue weighted by molar-refractivity contribution is 0.0708. The lowest BCUT2D eigenvalue weighted by Gasteiger charge is -2.30. The maximum Gasteiger partial charge on any atom is 0.500 e. The fraction of sp³-hybridized carbons (Fsp3) is 0.526. The van der Waals surface area contributed by atoms with Crippen LogP contribution in [0.3, 0.4) is 0 Å². The van der Waals surface area contributed by atoms with Gasteiger partial charge in [-0.3, -0.25) is 4.99 Å². The van der Waals surface area contributed by atoms with Gasteiger partial charge in [0.25, 0.3) is 0 Å². The van der Waals surface area contributed by atoms with Crippen LogP contribution in [-0.4, -0.2) is 64.6 Å². The first-order valence-electron chi connectivity index (χ1n) is 17.6. The van der Waals surface area contributed by atoms with Crippen molar-refractivity contribution in [1.82, 2.24) is 10.6 Å². The van der Waals surface area contributed by atoms with Gasteiger partial charge in [0.1, 0.15) is 5.75 Å². The number of benzene rings is 3. The van der Waals surface area contributed by atoms with Gasteiger partial charge in [-0.15, -0.1) is 0 Å². The minimum absolute atomic E-state index is 0.201. The predicted molar refractivity (Wildman–Crippen MR) is 199 cm³/mol. The fourth-order valence-corrected chi connectivity index (χ4v) is 9.29. The van der Waals surface area contributed by atoms with E-state index in [0.29, 0.717) is 63.0 Å². The van der Waals surface area contributed by atoms with Crippen molar-refractivity contribution in [3.8, 4) is 5.75 Å². The third-order valence-corrected chi connectivity index (χ3v) is 12.1. The normalized spacial score (nSPS) is 17.0. The van der Waals surface area contributed by atoms with Gasteiger partial charge in [0.05, 0.1) is 5.69 Å². The Labute approximate surface area is 288 Å². The lowest BCUT2D eigenvalue weighted by Crippen LogP contribution is -2.46. The summed E-state index contributed by atoms with van der Waals surface area (Å²) in [7, 11) is -2.75. The molecule has 0 radical (unpaired) electrons. The molecule has 2 amide bonds. The van der Waals surface area contributed by atoms with E-state index < -0.39 is 8.80 Å². The van der Waals surface area contributed by atoms with Gasteiger partial charge in [0, 0.05) is 79.5 Å². The van der Waals surface area contributed by atoms with E-state index in [4.69, 9.17) is 18.3 Å². The second kappa shape index (κ2) is 16.8. The minimum atomic E-state index is -2.75. The van der Waals surface area contributed by atoms with Gasteiger partial charge in [0.15, 0.2) is 0 Å². The largest absolute Gasteiger partial charge is 0.507 e. The molecule has 0 spiro atoms. The molecule has 2 atom stereocenters. The molecular weight excluding hydrogens is 621 g/mol. The number of aromatic hydroxyl groups is 1. The van der Waals surface area contributed by atoms with Crippen molar-refractivity contribution in [1.29, 1.82) is 0 Å². The number of phenols is 1.